The van der Waals surface area contributed by atoms with Crippen LogP contribution < -0.4 is 4.74 Å². The number of nitrogens with zero attached hydrogens (tertiary/aromatic N) is 2. The minimum atomic E-state index is -0.633. The SMILES string of the molecule is C[N+](C)(Cc1ccc([N+](=O)[O-])cc1)C[C@H](O)COc1ccc(-c2ccccc2)cc1. The first-order valence-electron chi connectivity index (χ1n) is 9.84. The molecule has 6 nitrogen and oxygen atoms in total. The van der Waals surface area contributed by atoms with Crippen molar-refractivity contribution in [3.8, 4) is 16.9 Å². The summed E-state index contributed by atoms with van der Waals surface area (Å²) in [6, 6.07) is 24.5. The van der Waals surface area contributed by atoms with Gasteiger partial charge in [0.1, 0.15) is 31.5 Å². The predicted molar refractivity (Wildman–Crippen MR) is 117 cm³/mol. The lowest BCUT2D eigenvalue weighted by molar-refractivity contribution is -0.906. The van der Waals surface area contributed by atoms with Gasteiger partial charge in [-0.3, -0.25) is 10.1 Å². The quantitative estimate of drug-likeness (QED) is 0.326. The lowest BCUT2D eigenvalue weighted by Gasteiger charge is -2.31. The molecule has 0 radical (unpaired) electrons. The molecule has 30 heavy (non-hydrogen) atoms. The summed E-state index contributed by atoms with van der Waals surface area (Å²) in [7, 11) is 4.03. The molecule has 0 saturated heterocycles. The van der Waals surface area contributed by atoms with Gasteiger partial charge in [0.25, 0.3) is 5.69 Å². The van der Waals surface area contributed by atoms with Crippen molar-refractivity contribution in [1.29, 1.82) is 0 Å². The van der Waals surface area contributed by atoms with E-state index in [-0.39, 0.29) is 12.3 Å². The van der Waals surface area contributed by atoms with Crippen molar-refractivity contribution in [1.82, 2.24) is 0 Å². The van der Waals surface area contributed by atoms with E-state index in [1.54, 1.807) is 12.1 Å². The van der Waals surface area contributed by atoms with E-state index in [0.717, 1.165) is 22.4 Å². The molecule has 0 aliphatic rings. The second kappa shape index (κ2) is 9.52. The maximum atomic E-state index is 10.8. The fourth-order valence-electron chi connectivity index (χ4n) is 3.47. The van der Waals surface area contributed by atoms with E-state index in [2.05, 4.69) is 12.1 Å². The smallest absolute Gasteiger partial charge is 0.269 e. The molecule has 156 valence electrons. The number of aliphatic hydroxyl groups is 1. The summed E-state index contributed by atoms with van der Waals surface area (Å²) in [4.78, 5) is 10.4. The van der Waals surface area contributed by atoms with Crippen LogP contribution in [0.15, 0.2) is 78.9 Å². The number of likely N-dealkylation sites (N-methyl/N-ethyl adjacent to an activating group) is 1. The van der Waals surface area contributed by atoms with E-state index >= 15 is 0 Å². The number of non-ortho nitro benzene ring substituents is 1. The van der Waals surface area contributed by atoms with E-state index in [1.807, 2.05) is 56.6 Å². The summed E-state index contributed by atoms with van der Waals surface area (Å²) < 4.78 is 6.30. The first kappa shape index (κ1) is 21.5. The Bertz CT molecular complexity index is 955. The van der Waals surface area contributed by atoms with Crippen LogP contribution in [0.3, 0.4) is 0 Å². The summed E-state index contributed by atoms with van der Waals surface area (Å²) >= 11 is 0. The van der Waals surface area contributed by atoms with E-state index in [0.29, 0.717) is 17.6 Å². The number of quaternary nitrogens is 1. The van der Waals surface area contributed by atoms with Gasteiger partial charge in [0.15, 0.2) is 0 Å². The van der Waals surface area contributed by atoms with Gasteiger partial charge in [-0.05, 0) is 35.4 Å². The molecule has 1 N–H and O–H groups in total. The zero-order chi connectivity index (χ0) is 21.6. The first-order chi connectivity index (χ1) is 14.3. The molecule has 0 fully saturated rings. The van der Waals surface area contributed by atoms with Crippen LogP contribution in [0.4, 0.5) is 5.69 Å². The summed E-state index contributed by atoms with van der Waals surface area (Å²) in [5.41, 5.74) is 3.32. The van der Waals surface area contributed by atoms with Gasteiger partial charge >= 0.3 is 0 Å². The Labute approximate surface area is 176 Å². The molecule has 0 heterocycles. The van der Waals surface area contributed by atoms with Crippen molar-refractivity contribution in [2.24, 2.45) is 0 Å². The molecule has 0 bridgehead atoms. The van der Waals surface area contributed by atoms with Crippen LogP contribution in [-0.2, 0) is 6.54 Å². The fourth-order valence-corrected chi connectivity index (χ4v) is 3.47. The largest absolute Gasteiger partial charge is 0.491 e. The third kappa shape index (κ3) is 6.14. The average molecular weight is 407 g/mol. The first-order valence-corrected chi connectivity index (χ1v) is 9.84. The van der Waals surface area contributed by atoms with Crippen LogP contribution >= 0.6 is 0 Å². The number of rotatable bonds is 9. The highest BCUT2D eigenvalue weighted by molar-refractivity contribution is 5.63. The maximum absolute atomic E-state index is 10.8. The third-order valence-electron chi connectivity index (χ3n) is 4.87. The van der Waals surface area contributed by atoms with E-state index in [9.17, 15) is 15.2 Å². The molecule has 0 amide bonds. The highest BCUT2D eigenvalue weighted by Gasteiger charge is 2.22. The normalized spacial score (nSPS) is 12.4. The standard InChI is InChI=1S/C24H27N2O4/c1-26(2,16-19-8-12-22(13-9-19)25(28)29)17-23(27)18-30-24-14-10-21(11-15-24)20-6-4-3-5-7-20/h3-15,23,27H,16-18H2,1-2H3/q+1/t23-/m0/s1. The second-order valence-corrected chi connectivity index (χ2v) is 8.06. The zero-order valence-corrected chi connectivity index (χ0v) is 17.3. The number of nitro groups is 1. The van der Waals surface area contributed by atoms with Gasteiger partial charge in [0, 0.05) is 17.7 Å². The number of nitro benzene ring substituents is 1. The zero-order valence-electron chi connectivity index (χ0n) is 17.3. The summed E-state index contributed by atoms with van der Waals surface area (Å²) in [5, 5.41) is 21.2. The number of ether oxygens (including phenoxy) is 1. The molecule has 6 heteroatoms. The Morgan fingerprint density at radius 2 is 1.53 bits per heavy atom. The maximum Gasteiger partial charge on any atom is 0.269 e. The van der Waals surface area contributed by atoms with Crippen molar-refractivity contribution in [2.75, 3.05) is 27.2 Å². The topological polar surface area (TPSA) is 72.6 Å². The average Bonchev–Trinajstić information content (AvgIpc) is 2.73. The number of hydrogen-bond acceptors (Lipinski definition) is 4. The monoisotopic (exact) mass is 407 g/mol. The lowest BCUT2D eigenvalue weighted by Crippen LogP contribution is -2.46. The van der Waals surface area contributed by atoms with Crippen LogP contribution in [0.5, 0.6) is 5.75 Å². The van der Waals surface area contributed by atoms with E-state index in [1.165, 1.54) is 12.1 Å². The molecule has 0 saturated carbocycles. The summed E-state index contributed by atoms with van der Waals surface area (Å²) in [6.45, 7) is 1.35. The molecule has 1 atom stereocenters. The Morgan fingerprint density at radius 1 is 0.933 bits per heavy atom. The molecule has 0 aliphatic heterocycles. The van der Waals surface area contributed by atoms with Crippen LogP contribution in [0.1, 0.15) is 5.56 Å². The van der Waals surface area contributed by atoms with Crippen molar-refractivity contribution >= 4 is 5.69 Å². The van der Waals surface area contributed by atoms with Crippen LogP contribution in [0.2, 0.25) is 0 Å². The highest BCUT2D eigenvalue weighted by Crippen LogP contribution is 2.22. The molecule has 3 aromatic carbocycles. The van der Waals surface area contributed by atoms with E-state index in [4.69, 9.17) is 4.74 Å². The minimum Gasteiger partial charge on any atom is -0.491 e. The minimum absolute atomic E-state index is 0.0794. The van der Waals surface area contributed by atoms with Crippen molar-refractivity contribution in [3.63, 3.8) is 0 Å². The second-order valence-electron chi connectivity index (χ2n) is 8.06. The number of aliphatic hydroxyl groups excluding tert-OH is 1. The highest BCUT2D eigenvalue weighted by atomic mass is 16.6. The Morgan fingerprint density at radius 3 is 2.13 bits per heavy atom. The van der Waals surface area contributed by atoms with Gasteiger partial charge in [-0.25, -0.2) is 0 Å². The van der Waals surface area contributed by atoms with Gasteiger partial charge in [0.2, 0.25) is 0 Å². The molecular weight excluding hydrogens is 380 g/mol. The Kier molecular flexibility index (Phi) is 6.82. The molecule has 0 aromatic heterocycles. The van der Waals surface area contributed by atoms with Crippen LogP contribution in [-0.4, -0.2) is 47.9 Å². The van der Waals surface area contributed by atoms with Gasteiger partial charge in [0.05, 0.1) is 19.0 Å². The molecule has 3 aromatic rings. The third-order valence-corrected chi connectivity index (χ3v) is 4.87. The van der Waals surface area contributed by atoms with Gasteiger partial charge in [-0.1, -0.05) is 42.5 Å². The van der Waals surface area contributed by atoms with Crippen LogP contribution in [0.25, 0.3) is 11.1 Å². The molecule has 0 unspecified atom stereocenters. The summed E-state index contributed by atoms with van der Waals surface area (Å²) in [6.07, 6.45) is -0.633. The van der Waals surface area contributed by atoms with Crippen molar-refractivity contribution < 1.29 is 19.2 Å². The van der Waals surface area contributed by atoms with Crippen LogP contribution in [0, 0.1) is 10.1 Å². The number of hydrogen-bond donors (Lipinski definition) is 1. The predicted octanol–water partition coefficient (Wildman–Crippen LogP) is 4.28. The Balaban J connectivity index is 1.50. The van der Waals surface area contributed by atoms with Gasteiger partial charge < -0.3 is 14.3 Å². The van der Waals surface area contributed by atoms with E-state index < -0.39 is 11.0 Å². The van der Waals surface area contributed by atoms with Gasteiger partial charge in [-0.2, -0.15) is 0 Å². The van der Waals surface area contributed by atoms with Crippen molar-refractivity contribution in [3.05, 3.63) is 94.5 Å². The lowest BCUT2D eigenvalue weighted by atomic mass is 10.1. The molecule has 0 aliphatic carbocycles. The Hall–Kier alpha value is -3.22. The summed E-state index contributed by atoms with van der Waals surface area (Å²) in [5.74, 6) is 0.717. The molecule has 0 spiro atoms. The van der Waals surface area contributed by atoms with Crippen molar-refractivity contribution in [2.45, 2.75) is 12.6 Å². The van der Waals surface area contributed by atoms with Gasteiger partial charge in [-0.15, -0.1) is 0 Å². The molecule has 3 rings (SSSR count). The fraction of sp³-hybridized carbons (Fsp3) is 0.250. The molecular formula is C24H27N2O4+. The number of benzene rings is 3.